The lowest BCUT2D eigenvalue weighted by atomic mass is 9.98. The Bertz CT molecular complexity index is 672. The quantitative estimate of drug-likeness (QED) is 0.716. The molecule has 0 radical (unpaired) electrons. The summed E-state index contributed by atoms with van der Waals surface area (Å²) in [7, 11) is 0. The van der Waals surface area contributed by atoms with Gasteiger partial charge in [0.05, 0.1) is 5.71 Å². The molecule has 2 aromatic rings. The average molecular weight is 294 g/mol. The van der Waals surface area contributed by atoms with Crippen LogP contribution >= 0.6 is 0 Å². The molecule has 1 aromatic carbocycles. The van der Waals surface area contributed by atoms with Gasteiger partial charge in [-0.05, 0) is 49.9 Å². The van der Waals surface area contributed by atoms with Gasteiger partial charge in [0.2, 0.25) is 0 Å². The number of aromatic nitrogens is 1. The van der Waals surface area contributed by atoms with Gasteiger partial charge in [-0.2, -0.15) is 0 Å². The molecule has 0 saturated heterocycles. The molecule has 22 heavy (non-hydrogen) atoms. The smallest absolute Gasteiger partial charge is 0.0703 e. The fourth-order valence-electron chi connectivity index (χ4n) is 2.28. The van der Waals surface area contributed by atoms with Crippen LogP contribution in [-0.2, 0) is 6.42 Å². The number of anilines is 1. The van der Waals surface area contributed by atoms with Crippen molar-refractivity contribution < 1.29 is 0 Å². The first-order chi connectivity index (χ1) is 10.5. The second-order valence-corrected chi connectivity index (χ2v) is 5.47. The Morgan fingerprint density at radius 1 is 1.41 bits per heavy atom. The lowest BCUT2D eigenvalue weighted by Crippen LogP contribution is -2.18. The highest BCUT2D eigenvalue weighted by atomic mass is 14.8. The molecule has 0 fully saturated rings. The van der Waals surface area contributed by atoms with Gasteiger partial charge in [-0.1, -0.05) is 12.6 Å². The van der Waals surface area contributed by atoms with Crippen molar-refractivity contribution in [3.05, 3.63) is 71.7 Å². The molecule has 0 saturated carbocycles. The molecule has 0 aliphatic rings. The van der Waals surface area contributed by atoms with Gasteiger partial charge in [0, 0.05) is 41.2 Å². The molecule has 1 heterocycles. The number of pyridine rings is 1. The van der Waals surface area contributed by atoms with Crippen LogP contribution in [0.5, 0.6) is 0 Å². The summed E-state index contributed by atoms with van der Waals surface area (Å²) < 4.78 is 0. The van der Waals surface area contributed by atoms with Crippen molar-refractivity contribution in [1.29, 1.82) is 5.41 Å². The third kappa shape index (κ3) is 3.80. The van der Waals surface area contributed by atoms with Crippen molar-refractivity contribution in [2.24, 2.45) is 5.73 Å². The van der Waals surface area contributed by atoms with Crippen molar-refractivity contribution in [2.45, 2.75) is 26.3 Å². The third-order valence-electron chi connectivity index (χ3n) is 3.42. The Hall–Kier alpha value is -2.46. The van der Waals surface area contributed by atoms with E-state index in [-0.39, 0.29) is 6.04 Å². The first-order valence-corrected chi connectivity index (χ1v) is 7.29. The molecule has 114 valence electrons. The van der Waals surface area contributed by atoms with E-state index in [0.717, 1.165) is 34.5 Å². The number of benzene rings is 1. The zero-order valence-corrected chi connectivity index (χ0v) is 13.1. The van der Waals surface area contributed by atoms with E-state index >= 15 is 0 Å². The standard InChI is InChI=1S/C18H22N4/c1-4-21-16-7-5-12(2)17(10-16)18(20)14-6-8-15(22-11-14)9-13(3)19/h4-8,10-11,13,20-21H,1,9,19H2,2-3H3. The van der Waals surface area contributed by atoms with Crippen molar-refractivity contribution >= 4 is 11.4 Å². The van der Waals surface area contributed by atoms with E-state index in [0.29, 0.717) is 5.71 Å². The van der Waals surface area contributed by atoms with E-state index in [2.05, 4.69) is 16.9 Å². The number of nitrogens with one attached hydrogen (secondary N) is 2. The van der Waals surface area contributed by atoms with Crippen LogP contribution in [0.3, 0.4) is 0 Å². The molecule has 0 bridgehead atoms. The number of hydrogen-bond acceptors (Lipinski definition) is 4. The van der Waals surface area contributed by atoms with Crippen molar-refractivity contribution in [3.8, 4) is 0 Å². The summed E-state index contributed by atoms with van der Waals surface area (Å²) in [4.78, 5) is 4.40. The summed E-state index contributed by atoms with van der Waals surface area (Å²) in [5.41, 5.74) is 10.8. The van der Waals surface area contributed by atoms with Crippen LogP contribution in [0.15, 0.2) is 49.3 Å². The predicted octanol–water partition coefficient (Wildman–Crippen LogP) is 3.25. The lowest BCUT2D eigenvalue weighted by Gasteiger charge is -2.11. The van der Waals surface area contributed by atoms with Gasteiger partial charge in [-0.3, -0.25) is 10.4 Å². The van der Waals surface area contributed by atoms with Crippen molar-refractivity contribution in [2.75, 3.05) is 5.32 Å². The largest absolute Gasteiger partial charge is 0.362 e. The summed E-state index contributed by atoms with van der Waals surface area (Å²) in [5.74, 6) is 0. The molecule has 4 nitrogen and oxygen atoms in total. The maximum atomic E-state index is 8.43. The first-order valence-electron chi connectivity index (χ1n) is 7.29. The highest BCUT2D eigenvalue weighted by molar-refractivity contribution is 6.12. The summed E-state index contributed by atoms with van der Waals surface area (Å²) in [6, 6.07) is 9.87. The molecule has 1 atom stereocenters. The minimum Gasteiger partial charge on any atom is -0.362 e. The second-order valence-electron chi connectivity index (χ2n) is 5.47. The summed E-state index contributed by atoms with van der Waals surface area (Å²) in [6.07, 6.45) is 4.11. The summed E-state index contributed by atoms with van der Waals surface area (Å²) >= 11 is 0. The van der Waals surface area contributed by atoms with E-state index < -0.39 is 0 Å². The fraction of sp³-hybridized carbons (Fsp3) is 0.222. The average Bonchev–Trinajstić information content (AvgIpc) is 2.49. The maximum Gasteiger partial charge on any atom is 0.0703 e. The predicted molar refractivity (Wildman–Crippen MR) is 92.5 cm³/mol. The van der Waals surface area contributed by atoms with Gasteiger partial charge < -0.3 is 11.1 Å². The monoisotopic (exact) mass is 294 g/mol. The van der Waals surface area contributed by atoms with Gasteiger partial charge in [-0.15, -0.1) is 0 Å². The van der Waals surface area contributed by atoms with Crippen LogP contribution in [-0.4, -0.2) is 16.7 Å². The highest BCUT2D eigenvalue weighted by Crippen LogP contribution is 2.19. The van der Waals surface area contributed by atoms with Gasteiger partial charge in [0.1, 0.15) is 0 Å². The Morgan fingerprint density at radius 2 is 2.18 bits per heavy atom. The van der Waals surface area contributed by atoms with E-state index in [1.807, 2.05) is 44.2 Å². The molecular formula is C18H22N4. The molecule has 0 aliphatic heterocycles. The van der Waals surface area contributed by atoms with Gasteiger partial charge in [-0.25, -0.2) is 0 Å². The van der Waals surface area contributed by atoms with Crippen LogP contribution in [0.1, 0.15) is 29.3 Å². The van der Waals surface area contributed by atoms with Gasteiger partial charge >= 0.3 is 0 Å². The van der Waals surface area contributed by atoms with E-state index in [1.54, 1.807) is 12.4 Å². The maximum absolute atomic E-state index is 8.43. The van der Waals surface area contributed by atoms with Crippen LogP contribution in [0.4, 0.5) is 5.69 Å². The molecular weight excluding hydrogens is 272 g/mol. The molecule has 0 aliphatic carbocycles. The Labute approximate surface area is 131 Å². The number of aryl methyl sites for hydroxylation is 1. The van der Waals surface area contributed by atoms with E-state index in [1.165, 1.54) is 0 Å². The number of nitrogens with zero attached hydrogens (tertiary/aromatic N) is 1. The molecule has 4 heteroatoms. The Morgan fingerprint density at radius 3 is 2.77 bits per heavy atom. The zero-order chi connectivity index (χ0) is 16.1. The first kappa shape index (κ1) is 15.9. The number of hydrogen-bond donors (Lipinski definition) is 3. The lowest BCUT2D eigenvalue weighted by molar-refractivity contribution is 0.722. The zero-order valence-electron chi connectivity index (χ0n) is 13.1. The molecule has 0 amide bonds. The Balaban J connectivity index is 2.27. The van der Waals surface area contributed by atoms with Crippen LogP contribution in [0.25, 0.3) is 0 Å². The Kier molecular flexibility index (Phi) is 5.07. The molecule has 4 N–H and O–H groups in total. The minimum absolute atomic E-state index is 0.0849. The summed E-state index contributed by atoms with van der Waals surface area (Å²) in [6.45, 7) is 7.62. The van der Waals surface area contributed by atoms with Gasteiger partial charge in [0.25, 0.3) is 0 Å². The fourth-order valence-corrected chi connectivity index (χ4v) is 2.28. The highest BCUT2D eigenvalue weighted by Gasteiger charge is 2.10. The SMILES string of the molecule is C=CNc1ccc(C)c(C(=N)c2ccc(CC(C)N)nc2)c1. The minimum atomic E-state index is 0.0849. The summed E-state index contributed by atoms with van der Waals surface area (Å²) in [5, 5.41) is 11.5. The van der Waals surface area contributed by atoms with Gasteiger partial charge in [0.15, 0.2) is 0 Å². The van der Waals surface area contributed by atoms with Crippen LogP contribution in [0.2, 0.25) is 0 Å². The normalized spacial score (nSPS) is 11.8. The van der Waals surface area contributed by atoms with Crippen molar-refractivity contribution in [3.63, 3.8) is 0 Å². The van der Waals surface area contributed by atoms with Crippen LogP contribution in [0, 0.1) is 12.3 Å². The second kappa shape index (κ2) is 7.00. The molecule has 2 rings (SSSR count). The van der Waals surface area contributed by atoms with E-state index in [9.17, 15) is 0 Å². The van der Waals surface area contributed by atoms with E-state index in [4.69, 9.17) is 11.1 Å². The molecule has 1 aromatic heterocycles. The molecule has 0 spiro atoms. The topological polar surface area (TPSA) is 74.8 Å². The third-order valence-corrected chi connectivity index (χ3v) is 3.42. The van der Waals surface area contributed by atoms with Crippen molar-refractivity contribution in [1.82, 2.24) is 4.98 Å². The molecule has 1 unspecified atom stereocenters. The number of rotatable bonds is 6. The number of nitrogens with two attached hydrogens (primary N) is 1. The van der Waals surface area contributed by atoms with Crippen LogP contribution < -0.4 is 11.1 Å².